The van der Waals surface area contributed by atoms with Crippen LogP contribution in [0.25, 0.3) is 0 Å². The Hall–Kier alpha value is -2.36. The number of pyridine rings is 1. The summed E-state index contributed by atoms with van der Waals surface area (Å²) in [5.74, 6) is -0.213. The van der Waals surface area contributed by atoms with Gasteiger partial charge in [-0.3, -0.25) is 9.59 Å². The first-order valence-electron chi connectivity index (χ1n) is 8.26. The summed E-state index contributed by atoms with van der Waals surface area (Å²) >= 11 is 0. The Balaban J connectivity index is 2.42. The Bertz CT molecular complexity index is 819. The molecule has 0 bridgehead atoms. The van der Waals surface area contributed by atoms with E-state index in [1.807, 2.05) is 52.8 Å². The van der Waals surface area contributed by atoms with Crippen LogP contribution >= 0.6 is 0 Å². The summed E-state index contributed by atoms with van der Waals surface area (Å²) in [6, 6.07) is 9.82. The zero-order valence-corrected chi connectivity index (χ0v) is 15.4. The molecule has 0 atom stereocenters. The van der Waals surface area contributed by atoms with Gasteiger partial charge >= 0.3 is 0 Å². The Kier molecular flexibility index (Phi) is 5.27. The Morgan fingerprint density at radius 2 is 1.83 bits per heavy atom. The van der Waals surface area contributed by atoms with Crippen LogP contribution in [0.5, 0.6) is 0 Å². The molecular formula is C20H26N2O2. The van der Waals surface area contributed by atoms with E-state index >= 15 is 0 Å². The van der Waals surface area contributed by atoms with Crippen molar-refractivity contribution in [3.63, 3.8) is 0 Å². The predicted molar refractivity (Wildman–Crippen MR) is 97.3 cm³/mol. The lowest BCUT2D eigenvalue weighted by atomic mass is 10.1. The lowest BCUT2D eigenvalue weighted by molar-refractivity contribution is 0.0687. The van der Waals surface area contributed by atoms with Gasteiger partial charge in [0.1, 0.15) is 5.56 Å². The molecule has 0 saturated heterocycles. The molecule has 0 unspecified atom stereocenters. The van der Waals surface area contributed by atoms with Crippen molar-refractivity contribution >= 4 is 5.91 Å². The lowest BCUT2D eigenvalue weighted by Gasteiger charge is -2.27. The molecule has 0 aliphatic carbocycles. The molecule has 24 heavy (non-hydrogen) atoms. The second-order valence-electron chi connectivity index (χ2n) is 6.71. The van der Waals surface area contributed by atoms with Crippen molar-refractivity contribution in [3.05, 3.63) is 68.6 Å². The Morgan fingerprint density at radius 1 is 1.17 bits per heavy atom. The van der Waals surface area contributed by atoms with Gasteiger partial charge in [0, 0.05) is 25.3 Å². The monoisotopic (exact) mass is 326 g/mol. The van der Waals surface area contributed by atoms with Crippen molar-refractivity contribution in [1.29, 1.82) is 0 Å². The first-order chi connectivity index (χ1) is 11.2. The van der Waals surface area contributed by atoms with E-state index < -0.39 is 0 Å². The molecule has 2 aromatic rings. The van der Waals surface area contributed by atoms with Crippen molar-refractivity contribution < 1.29 is 4.79 Å². The van der Waals surface area contributed by atoms with Crippen molar-refractivity contribution in [2.75, 3.05) is 0 Å². The van der Waals surface area contributed by atoms with Crippen LogP contribution in [0.4, 0.5) is 0 Å². The maximum Gasteiger partial charge on any atom is 0.263 e. The molecule has 0 spiro atoms. The van der Waals surface area contributed by atoms with Crippen molar-refractivity contribution in [2.24, 2.45) is 7.05 Å². The molecule has 1 aromatic heterocycles. The van der Waals surface area contributed by atoms with E-state index in [1.165, 1.54) is 0 Å². The van der Waals surface area contributed by atoms with E-state index in [1.54, 1.807) is 22.6 Å². The Labute approximate surface area is 143 Å². The topological polar surface area (TPSA) is 42.3 Å². The number of benzene rings is 1. The molecule has 1 heterocycles. The fourth-order valence-corrected chi connectivity index (χ4v) is 2.78. The fraction of sp³-hybridized carbons (Fsp3) is 0.400. The largest absolute Gasteiger partial charge is 0.332 e. The molecule has 1 amide bonds. The summed E-state index contributed by atoms with van der Waals surface area (Å²) < 4.78 is 1.55. The third-order valence-electron chi connectivity index (χ3n) is 4.52. The van der Waals surface area contributed by atoms with E-state index in [0.717, 1.165) is 22.4 Å². The molecule has 0 aliphatic rings. The summed E-state index contributed by atoms with van der Waals surface area (Å²) in [5.41, 5.74) is 4.05. The van der Waals surface area contributed by atoms with Gasteiger partial charge in [-0.25, -0.2) is 0 Å². The van der Waals surface area contributed by atoms with Crippen LogP contribution in [-0.4, -0.2) is 21.4 Å². The van der Waals surface area contributed by atoms with Gasteiger partial charge in [-0.05, 0) is 51.8 Å². The number of amides is 1. The SMILES string of the molecule is Cc1cccc(CN(C(=O)c2cc(C)c(C)n(C)c2=O)C(C)C)c1. The quantitative estimate of drug-likeness (QED) is 0.864. The van der Waals surface area contributed by atoms with Crippen molar-refractivity contribution in [1.82, 2.24) is 9.47 Å². The predicted octanol–water partition coefficient (Wildman–Crippen LogP) is 3.36. The van der Waals surface area contributed by atoms with Gasteiger partial charge in [-0.2, -0.15) is 0 Å². The highest BCUT2D eigenvalue weighted by Gasteiger charge is 2.23. The van der Waals surface area contributed by atoms with Crippen molar-refractivity contribution in [3.8, 4) is 0 Å². The third kappa shape index (κ3) is 3.58. The van der Waals surface area contributed by atoms with Crippen LogP contribution in [-0.2, 0) is 13.6 Å². The molecule has 2 rings (SSSR count). The maximum absolute atomic E-state index is 13.0. The second-order valence-corrected chi connectivity index (χ2v) is 6.71. The molecule has 0 aliphatic heterocycles. The summed E-state index contributed by atoms with van der Waals surface area (Å²) in [6.07, 6.45) is 0. The number of hydrogen-bond donors (Lipinski definition) is 0. The highest BCUT2D eigenvalue weighted by Crippen LogP contribution is 2.14. The zero-order chi connectivity index (χ0) is 18.0. The standard InChI is InChI=1S/C20H26N2O2/c1-13(2)22(12-17-9-7-8-14(3)10-17)20(24)18-11-15(4)16(5)21(6)19(18)23/h7-11,13H,12H2,1-6H3. The van der Waals surface area contributed by atoms with Gasteiger partial charge in [0.05, 0.1) is 0 Å². The van der Waals surface area contributed by atoms with Gasteiger partial charge in [0.15, 0.2) is 0 Å². The van der Waals surface area contributed by atoms with E-state index in [9.17, 15) is 9.59 Å². The summed E-state index contributed by atoms with van der Waals surface area (Å²) in [7, 11) is 1.71. The fourth-order valence-electron chi connectivity index (χ4n) is 2.78. The van der Waals surface area contributed by atoms with Crippen LogP contribution < -0.4 is 5.56 Å². The molecule has 128 valence electrons. The highest BCUT2D eigenvalue weighted by molar-refractivity contribution is 5.94. The minimum atomic E-state index is -0.238. The maximum atomic E-state index is 13.0. The third-order valence-corrected chi connectivity index (χ3v) is 4.52. The number of carbonyl (C=O) groups is 1. The minimum absolute atomic E-state index is 0.00401. The minimum Gasteiger partial charge on any atom is -0.332 e. The summed E-state index contributed by atoms with van der Waals surface area (Å²) in [4.78, 5) is 27.3. The van der Waals surface area contributed by atoms with Crippen LogP contribution in [0.2, 0.25) is 0 Å². The number of carbonyl (C=O) groups excluding carboxylic acids is 1. The van der Waals surface area contributed by atoms with Crippen LogP contribution in [0, 0.1) is 20.8 Å². The van der Waals surface area contributed by atoms with Gasteiger partial charge in [0.2, 0.25) is 0 Å². The van der Waals surface area contributed by atoms with Crippen LogP contribution in [0.3, 0.4) is 0 Å². The van der Waals surface area contributed by atoms with Crippen molar-refractivity contribution in [2.45, 2.75) is 47.2 Å². The Morgan fingerprint density at radius 3 is 2.42 bits per heavy atom. The smallest absolute Gasteiger partial charge is 0.263 e. The molecular weight excluding hydrogens is 300 g/mol. The van der Waals surface area contributed by atoms with Crippen LogP contribution in [0.1, 0.15) is 46.6 Å². The molecule has 1 aromatic carbocycles. The average molecular weight is 326 g/mol. The second kappa shape index (κ2) is 7.04. The number of aryl methyl sites for hydroxylation is 2. The van der Waals surface area contributed by atoms with Gasteiger partial charge < -0.3 is 9.47 Å². The molecule has 0 saturated carbocycles. The molecule has 4 nitrogen and oxygen atoms in total. The summed E-state index contributed by atoms with van der Waals surface area (Å²) in [6.45, 7) is 10.3. The number of hydrogen-bond acceptors (Lipinski definition) is 2. The number of aromatic nitrogens is 1. The molecule has 0 fully saturated rings. The molecule has 0 N–H and O–H groups in total. The normalized spacial score (nSPS) is 11.0. The molecule has 4 heteroatoms. The van der Waals surface area contributed by atoms with E-state index in [4.69, 9.17) is 0 Å². The van der Waals surface area contributed by atoms with E-state index in [-0.39, 0.29) is 23.1 Å². The molecule has 0 radical (unpaired) electrons. The highest BCUT2D eigenvalue weighted by atomic mass is 16.2. The first-order valence-corrected chi connectivity index (χ1v) is 8.26. The number of nitrogens with zero attached hydrogens (tertiary/aromatic N) is 2. The summed E-state index contributed by atoms with van der Waals surface area (Å²) in [5, 5.41) is 0. The van der Waals surface area contributed by atoms with E-state index in [2.05, 4.69) is 6.07 Å². The van der Waals surface area contributed by atoms with Gasteiger partial charge in [-0.1, -0.05) is 29.8 Å². The number of rotatable bonds is 4. The van der Waals surface area contributed by atoms with Gasteiger partial charge in [-0.15, -0.1) is 0 Å². The van der Waals surface area contributed by atoms with E-state index in [0.29, 0.717) is 6.54 Å². The average Bonchev–Trinajstić information content (AvgIpc) is 2.53. The lowest BCUT2D eigenvalue weighted by Crippen LogP contribution is -2.40. The zero-order valence-electron chi connectivity index (χ0n) is 15.4. The first kappa shape index (κ1) is 18.0. The van der Waals surface area contributed by atoms with Gasteiger partial charge in [0.25, 0.3) is 11.5 Å². The van der Waals surface area contributed by atoms with Crippen LogP contribution in [0.15, 0.2) is 35.1 Å².